The Morgan fingerprint density at radius 3 is 2.62 bits per heavy atom. The molecule has 0 saturated carbocycles. The standard InChI is InChI=1S/C22H20N2O2/c1-17(24-22(25)13-12-18-7-3-2-4-8-18)19-9-5-10-20(15-19)26-21-11-6-14-23-16-21/h2-17H,1H3,(H,24,25)/b13-12+. The highest BCUT2D eigenvalue weighted by molar-refractivity contribution is 5.91. The van der Waals surface area contributed by atoms with Crippen LogP contribution in [0.5, 0.6) is 11.5 Å². The van der Waals surface area contributed by atoms with Crippen LogP contribution < -0.4 is 10.1 Å². The van der Waals surface area contributed by atoms with Crippen LogP contribution in [0.2, 0.25) is 0 Å². The Balaban J connectivity index is 1.62. The molecule has 3 rings (SSSR count). The number of hydrogen-bond donors (Lipinski definition) is 1. The van der Waals surface area contributed by atoms with Gasteiger partial charge in [0.2, 0.25) is 5.91 Å². The molecule has 3 aromatic rings. The molecule has 1 aromatic heterocycles. The van der Waals surface area contributed by atoms with Crippen molar-refractivity contribution in [1.82, 2.24) is 10.3 Å². The number of ether oxygens (including phenoxy) is 1. The molecule has 0 bridgehead atoms. The van der Waals surface area contributed by atoms with Crippen molar-refractivity contribution < 1.29 is 9.53 Å². The molecular weight excluding hydrogens is 324 g/mol. The molecule has 4 nitrogen and oxygen atoms in total. The van der Waals surface area contributed by atoms with Crippen molar-refractivity contribution >= 4 is 12.0 Å². The highest BCUT2D eigenvalue weighted by Crippen LogP contribution is 2.24. The Kier molecular flexibility index (Phi) is 5.78. The van der Waals surface area contributed by atoms with E-state index in [1.807, 2.05) is 73.7 Å². The fourth-order valence-corrected chi connectivity index (χ4v) is 2.47. The fourth-order valence-electron chi connectivity index (χ4n) is 2.47. The van der Waals surface area contributed by atoms with Crippen LogP contribution in [0.25, 0.3) is 6.08 Å². The van der Waals surface area contributed by atoms with E-state index in [1.165, 1.54) is 0 Å². The van der Waals surface area contributed by atoms with Crippen LogP contribution in [-0.4, -0.2) is 10.9 Å². The number of hydrogen-bond acceptors (Lipinski definition) is 3. The van der Waals surface area contributed by atoms with Gasteiger partial charge in [-0.3, -0.25) is 9.78 Å². The molecule has 1 amide bonds. The molecule has 4 heteroatoms. The van der Waals surface area contributed by atoms with Crippen molar-refractivity contribution in [3.63, 3.8) is 0 Å². The fraction of sp³-hybridized carbons (Fsp3) is 0.0909. The molecule has 0 aliphatic carbocycles. The molecule has 1 atom stereocenters. The average molecular weight is 344 g/mol. The van der Waals surface area contributed by atoms with Crippen LogP contribution in [0.15, 0.2) is 85.2 Å². The summed E-state index contributed by atoms with van der Waals surface area (Å²) < 4.78 is 5.79. The number of carbonyl (C=O) groups is 1. The number of carbonyl (C=O) groups excluding carboxylic acids is 1. The zero-order chi connectivity index (χ0) is 18.2. The quantitative estimate of drug-likeness (QED) is 0.656. The van der Waals surface area contributed by atoms with E-state index < -0.39 is 0 Å². The van der Waals surface area contributed by atoms with E-state index in [0.29, 0.717) is 11.5 Å². The lowest BCUT2D eigenvalue weighted by atomic mass is 10.1. The van der Waals surface area contributed by atoms with E-state index >= 15 is 0 Å². The van der Waals surface area contributed by atoms with E-state index in [-0.39, 0.29) is 11.9 Å². The summed E-state index contributed by atoms with van der Waals surface area (Å²) in [5.74, 6) is 1.24. The lowest BCUT2D eigenvalue weighted by molar-refractivity contribution is -0.117. The molecule has 130 valence electrons. The van der Waals surface area contributed by atoms with E-state index in [9.17, 15) is 4.79 Å². The summed E-state index contributed by atoms with van der Waals surface area (Å²) in [7, 11) is 0. The summed E-state index contributed by atoms with van der Waals surface area (Å²) in [6.45, 7) is 1.94. The van der Waals surface area contributed by atoms with E-state index in [4.69, 9.17) is 4.74 Å². The maximum Gasteiger partial charge on any atom is 0.244 e. The molecule has 0 saturated heterocycles. The lowest BCUT2D eigenvalue weighted by Crippen LogP contribution is -2.24. The number of benzene rings is 2. The summed E-state index contributed by atoms with van der Waals surface area (Å²) in [5.41, 5.74) is 1.95. The minimum Gasteiger partial charge on any atom is -0.456 e. The Bertz CT molecular complexity index is 877. The first-order valence-electron chi connectivity index (χ1n) is 8.42. The van der Waals surface area contributed by atoms with Gasteiger partial charge in [0.25, 0.3) is 0 Å². The molecule has 0 aliphatic heterocycles. The lowest BCUT2D eigenvalue weighted by Gasteiger charge is -2.14. The molecular formula is C22H20N2O2. The molecule has 0 spiro atoms. The second-order valence-corrected chi connectivity index (χ2v) is 5.84. The molecule has 1 heterocycles. The topological polar surface area (TPSA) is 51.2 Å². The number of nitrogens with zero attached hydrogens (tertiary/aromatic N) is 1. The third kappa shape index (κ3) is 5.05. The molecule has 26 heavy (non-hydrogen) atoms. The Hall–Kier alpha value is -3.40. The number of nitrogens with one attached hydrogen (secondary N) is 1. The summed E-state index contributed by atoms with van der Waals surface area (Å²) >= 11 is 0. The van der Waals surface area contributed by atoms with Crippen molar-refractivity contribution in [2.75, 3.05) is 0 Å². The van der Waals surface area contributed by atoms with Crippen LogP contribution in [0.1, 0.15) is 24.1 Å². The number of rotatable bonds is 6. The predicted molar refractivity (Wildman–Crippen MR) is 103 cm³/mol. The van der Waals surface area contributed by atoms with Gasteiger partial charge >= 0.3 is 0 Å². The Morgan fingerprint density at radius 2 is 1.85 bits per heavy atom. The summed E-state index contributed by atoms with van der Waals surface area (Å²) in [6, 6.07) is 20.9. The van der Waals surface area contributed by atoms with Crippen LogP contribution >= 0.6 is 0 Å². The zero-order valence-corrected chi connectivity index (χ0v) is 14.5. The van der Waals surface area contributed by atoms with Gasteiger partial charge in [-0.05, 0) is 48.4 Å². The van der Waals surface area contributed by atoms with Crippen molar-refractivity contribution in [3.8, 4) is 11.5 Å². The van der Waals surface area contributed by atoms with E-state index in [0.717, 1.165) is 11.1 Å². The third-order valence-electron chi connectivity index (χ3n) is 3.81. The van der Waals surface area contributed by atoms with Gasteiger partial charge in [-0.15, -0.1) is 0 Å². The minimum atomic E-state index is -0.139. The molecule has 0 fully saturated rings. The normalized spacial score (nSPS) is 11.9. The summed E-state index contributed by atoms with van der Waals surface area (Å²) in [6.07, 6.45) is 6.70. The summed E-state index contributed by atoms with van der Waals surface area (Å²) in [5, 5.41) is 2.96. The Labute approximate surface area is 153 Å². The average Bonchev–Trinajstić information content (AvgIpc) is 2.68. The van der Waals surface area contributed by atoms with E-state index in [2.05, 4.69) is 10.3 Å². The molecule has 2 aromatic carbocycles. The van der Waals surface area contributed by atoms with Crippen molar-refractivity contribution in [3.05, 3.63) is 96.3 Å². The molecule has 1 N–H and O–H groups in total. The second-order valence-electron chi connectivity index (χ2n) is 5.84. The van der Waals surface area contributed by atoms with Gasteiger partial charge in [-0.1, -0.05) is 42.5 Å². The van der Waals surface area contributed by atoms with Crippen molar-refractivity contribution in [2.24, 2.45) is 0 Å². The highest BCUT2D eigenvalue weighted by Gasteiger charge is 2.09. The maximum atomic E-state index is 12.1. The van der Waals surface area contributed by atoms with Crippen LogP contribution in [-0.2, 0) is 4.79 Å². The largest absolute Gasteiger partial charge is 0.456 e. The third-order valence-corrected chi connectivity index (χ3v) is 3.81. The number of amides is 1. The Morgan fingerprint density at radius 1 is 1.04 bits per heavy atom. The number of aromatic nitrogens is 1. The smallest absolute Gasteiger partial charge is 0.244 e. The van der Waals surface area contributed by atoms with Gasteiger partial charge in [0.1, 0.15) is 11.5 Å². The zero-order valence-electron chi connectivity index (χ0n) is 14.5. The molecule has 1 unspecified atom stereocenters. The van der Waals surface area contributed by atoms with Gasteiger partial charge in [0, 0.05) is 12.3 Å². The van der Waals surface area contributed by atoms with Crippen LogP contribution in [0, 0.1) is 0 Å². The van der Waals surface area contributed by atoms with Crippen molar-refractivity contribution in [1.29, 1.82) is 0 Å². The first-order chi connectivity index (χ1) is 12.7. The van der Waals surface area contributed by atoms with Gasteiger partial charge in [-0.25, -0.2) is 0 Å². The summed E-state index contributed by atoms with van der Waals surface area (Å²) in [4.78, 5) is 16.2. The van der Waals surface area contributed by atoms with E-state index in [1.54, 1.807) is 24.5 Å². The molecule has 0 radical (unpaired) electrons. The van der Waals surface area contributed by atoms with Crippen LogP contribution in [0.3, 0.4) is 0 Å². The van der Waals surface area contributed by atoms with Gasteiger partial charge in [-0.2, -0.15) is 0 Å². The van der Waals surface area contributed by atoms with Crippen molar-refractivity contribution in [2.45, 2.75) is 13.0 Å². The first kappa shape index (κ1) is 17.4. The monoisotopic (exact) mass is 344 g/mol. The SMILES string of the molecule is CC(NC(=O)/C=C/c1ccccc1)c1cccc(Oc2cccnc2)c1. The predicted octanol–water partition coefficient (Wildman–Crippen LogP) is 4.76. The van der Waals surface area contributed by atoms with Gasteiger partial charge in [0.15, 0.2) is 0 Å². The van der Waals surface area contributed by atoms with Crippen LogP contribution in [0.4, 0.5) is 0 Å². The van der Waals surface area contributed by atoms with Gasteiger partial charge < -0.3 is 10.1 Å². The second kappa shape index (κ2) is 8.62. The van der Waals surface area contributed by atoms with Gasteiger partial charge in [0.05, 0.1) is 12.2 Å². The number of pyridine rings is 1. The maximum absolute atomic E-state index is 12.1. The molecule has 0 aliphatic rings. The highest BCUT2D eigenvalue weighted by atomic mass is 16.5. The first-order valence-corrected chi connectivity index (χ1v) is 8.42. The minimum absolute atomic E-state index is 0.139.